The van der Waals surface area contributed by atoms with E-state index in [9.17, 15) is 5.11 Å². The van der Waals surface area contributed by atoms with E-state index in [1.807, 2.05) is 35.7 Å². The molecule has 1 fully saturated rings. The van der Waals surface area contributed by atoms with E-state index < -0.39 is 6.10 Å². The minimum atomic E-state index is -0.474. The lowest BCUT2D eigenvalue weighted by Crippen LogP contribution is -2.38. The number of hydrogen-bond acceptors (Lipinski definition) is 6. The molecule has 6 heteroatoms. The molecule has 1 N–H and O–H groups in total. The number of aromatic nitrogens is 1. The zero-order valence-corrected chi connectivity index (χ0v) is 14.9. The Labute approximate surface area is 150 Å². The van der Waals surface area contributed by atoms with Gasteiger partial charge in [0.05, 0.1) is 0 Å². The predicted molar refractivity (Wildman–Crippen MR) is 99.1 cm³/mol. The summed E-state index contributed by atoms with van der Waals surface area (Å²) >= 11 is 1.62. The Balaban J connectivity index is 1.39. The van der Waals surface area contributed by atoms with Crippen molar-refractivity contribution in [3.63, 3.8) is 0 Å². The Hall–Kier alpha value is -1.89. The number of β-amino-alcohol motifs (C(OH)–C–C–N with tert-alkyl or cyclic N) is 1. The number of aliphatic hydroxyl groups is 1. The van der Waals surface area contributed by atoms with E-state index in [1.54, 1.807) is 11.3 Å². The molecule has 2 aromatic heterocycles. The zero-order chi connectivity index (χ0) is 17.1. The highest BCUT2D eigenvalue weighted by Crippen LogP contribution is 2.33. The molecule has 1 aliphatic heterocycles. The van der Waals surface area contributed by atoms with Crippen molar-refractivity contribution >= 4 is 21.6 Å². The Morgan fingerprint density at radius 2 is 2.12 bits per heavy atom. The second kappa shape index (κ2) is 7.56. The molecule has 1 atom stereocenters. The highest BCUT2D eigenvalue weighted by molar-refractivity contribution is 7.17. The molecule has 0 radical (unpaired) electrons. The van der Waals surface area contributed by atoms with Crippen LogP contribution in [0.15, 0.2) is 40.2 Å². The monoisotopic (exact) mass is 358 g/mol. The molecule has 5 nitrogen and oxygen atoms in total. The molecule has 4 rings (SSSR count). The number of aliphatic hydroxyl groups excluding tert-OH is 1. The third kappa shape index (κ3) is 3.86. The Morgan fingerprint density at radius 3 is 3.00 bits per heavy atom. The minimum Gasteiger partial charge on any atom is -0.491 e. The number of hydrogen-bond donors (Lipinski definition) is 1. The van der Waals surface area contributed by atoms with Crippen LogP contribution in [0.3, 0.4) is 0 Å². The van der Waals surface area contributed by atoms with Gasteiger partial charge in [-0.1, -0.05) is 23.7 Å². The van der Waals surface area contributed by atoms with E-state index in [0.717, 1.165) is 40.4 Å². The molecule has 132 valence electrons. The van der Waals surface area contributed by atoms with Crippen LogP contribution in [-0.2, 0) is 0 Å². The third-order valence-electron chi connectivity index (χ3n) is 4.55. The van der Waals surface area contributed by atoms with Gasteiger partial charge in [0.15, 0.2) is 5.58 Å². The fraction of sp³-hybridized carbons (Fsp3) is 0.421. The molecule has 0 bridgehead atoms. The van der Waals surface area contributed by atoms with Gasteiger partial charge in [-0.25, -0.2) is 0 Å². The molecule has 1 aliphatic rings. The van der Waals surface area contributed by atoms with Gasteiger partial charge in [-0.05, 0) is 49.5 Å². The molecule has 0 saturated carbocycles. The van der Waals surface area contributed by atoms with Crippen molar-refractivity contribution in [2.75, 3.05) is 26.2 Å². The fourth-order valence-electron chi connectivity index (χ4n) is 3.28. The highest BCUT2D eigenvalue weighted by atomic mass is 32.1. The van der Waals surface area contributed by atoms with Gasteiger partial charge in [0.2, 0.25) is 0 Å². The minimum absolute atomic E-state index is 0.299. The summed E-state index contributed by atoms with van der Waals surface area (Å²) in [4.78, 5) is 2.32. The van der Waals surface area contributed by atoms with E-state index in [0.29, 0.717) is 13.2 Å². The van der Waals surface area contributed by atoms with Crippen molar-refractivity contribution in [1.29, 1.82) is 0 Å². The van der Waals surface area contributed by atoms with Gasteiger partial charge in [0, 0.05) is 12.1 Å². The van der Waals surface area contributed by atoms with Gasteiger partial charge in [-0.15, -0.1) is 11.3 Å². The number of piperidine rings is 1. The van der Waals surface area contributed by atoms with Crippen molar-refractivity contribution in [3.05, 3.63) is 35.7 Å². The van der Waals surface area contributed by atoms with Crippen LogP contribution in [0.25, 0.3) is 21.5 Å². The highest BCUT2D eigenvalue weighted by Gasteiger charge is 2.16. The van der Waals surface area contributed by atoms with Crippen molar-refractivity contribution in [1.82, 2.24) is 10.1 Å². The van der Waals surface area contributed by atoms with E-state index in [2.05, 4.69) is 10.1 Å². The van der Waals surface area contributed by atoms with Gasteiger partial charge in [-0.3, -0.25) is 0 Å². The molecule has 0 amide bonds. The van der Waals surface area contributed by atoms with Gasteiger partial charge in [0.1, 0.15) is 28.9 Å². The zero-order valence-electron chi connectivity index (χ0n) is 14.1. The Morgan fingerprint density at radius 1 is 1.24 bits per heavy atom. The van der Waals surface area contributed by atoms with Gasteiger partial charge in [0.25, 0.3) is 0 Å². The average molecular weight is 358 g/mol. The van der Waals surface area contributed by atoms with Crippen LogP contribution in [0.4, 0.5) is 0 Å². The van der Waals surface area contributed by atoms with E-state index >= 15 is 0 Å². The van der Waals surface area contributed by atoms with Crippen molar-refractivity contribution in [2.45, 2.75) is 25.4 Å². The molecule has 3 aromatic rings. The summed E-state index contributed by atoms with van der Waals surface area (Å²) < 4.78 is 12.2. The first-order chi connectivity index (χ1) is 12.3. The van der Waals surface area contributed by atoms with Crippen molar-refractivity contribution in [2.24, 2.45) is 0 Å². The SMILES string of the molecule is O[C@@H](COc1cccc(-c2noc3ccsc23)c1)CN1CCCCC1. The lowest BCUT2D eigenvalue weighted by molar-refractivity contribution is 0.0617. The molecule has 0 unspecified atom stereocenters. The largest absolute Gasteiger partial charge is 0.491 e. The standard InChI is InChI=1S/C19H22N2O3S/c22-15(12-21-8-2-1-3-9-21)13-23-16-6-4-5-14(11-16)18-19-17(24-20-18)7-10-25-19/h4-7,10-11,15,22H,1-3,8-9,12-13H2/t15-/m1/s1. The van der Waals surface area contributed by atoms with Crippen LogP contribution in [0.2, 0.25) is 0 Å². The van der Waals surface area contributed by atoms with Gasteiger partial charge >= 0.3 is 0 Å². The smallest absolute Gasteiger partial charge is 0.178 e. The molecule has 3 heterocycles. The van der Waals surface area contributed by atoms with E-state index in [1.165, 1.54) is 19.3 Å². The second-order valence-corrected chi connectivity index (χ2v) is 7.42. The molecule has 1 saturated heterocycles. The van der Waals surface area contributed by atoms with Crippen LogP contribution in [0, 0.1) is 0 Å². The summed E-state index contributed by atoms with van der Waals surface area (Å²) in [7, 11) is 0. The number of nitrogens with zero attached hydrogens (tertiary/aromatic N) is 2. The maximum absolute atomic E-state index is 10.2. The molecular formula is C19H22N2O3S. The topological polar surface area (TPSA) is 58.7 Å². The molecule has 1 aromatic carbocycles. The van der Waals surface area contributed by atoms with Crippen LogP contribution in [0.1, 0.15) is 19.3 Å². The summed E-state index contributed by atoms with van der Waals surface area (Å²) in [6.45, 7) is 3.14. The Bertz CT molecular complexity index is 823. The van der Waals surface area contributed by atoms with Crippen molar-refractivity contribution in [3.8, 4) is 17.0 Å². The first-order valence-electron chi connectivity index (χ1n) is 8.76. The number of ether oxygens (including phenoxy) is 1. The second-order valence-electron chi connectivity index (χ2n) is 6.50. The fourth-order valence-corrected chi connectivity index (χ4v) is 4.10. The van der Waals surface area contributed by atoms with Crippen LogP contribution in [0.5, 0.6) is 5.75 Å². The number of likely N-dealkylation sites (tertiary alicyclic amines) is 1. The summed E-state index contributed by atoms with van der Waals surface area (Å²) in [6, 6.07) is 9.71. The lowest BCUT2D eigenvalue weighted by atomic mass is 10.1. The van der Waals surface area contributed by atoms with Crippen LogP contribution in [-0.4, -0.2) is 47.5 Å². The van der Waals surface area contributed by atoms with Crippen LogP contribution < -0.4 is 4.74 Å². The third-order valence-corrected chi connectivity index (χ3v) is 5.45. The molecule has 25 heavy (non-hydrogen) atoms. The van der Waals surface area contributed by atoms with Crippen LogP contribution >= 0.6 is 11.3 Å². The average Bonchev–Trinajstić information content (AvgIpc) is 3.25. The summed E-state index contributed by atoms with van der Waals surface area (Å²) in [6.07, 6.45) is 3.28. The molecule has 0 spiro atoms. The number of thiophene rings is 1. The van der Waals surface area contributed by atoms with Crippen molar-refractivity contribution < 1.29 is 14.4 Å². The summed E-state index contributed by atoms with van der Waals surface area (Å²) in [5.41, 5.74) is 2.61. The molecule has 0 aliphatic carbocycles. The predicted octanol–water partition coefficient (Wildman–Crippen LogP) is 3.78. The number of rotatable bonds is 6. The quantitative estimate of drug-likeness (QED) is 0.727. The maximum atomic E-state index is 10.2. The normalized spacial score (nSPS) is 17.0. The number of fused-ring (bicyclic) bond motifs is 1. The maximum Gasteiger partial charge on any atom is 0.178 e. The van der Waals surface area contributed by atoms with E-state index in [-0.39, 0.29) is 0 Å². The van der Waals surface area contributed by atoms with Gasteiger partial charge in [-0.2, -0.15) is 0 Å². The number of benzene rings is 1. The first-order valence-corrected chi connectivity index (χ1v) is 9.64. The van der Waals surface area contributed by atoms with Gasteiger partial charge < -0.3 is 19.3 Å². The summed E-state index contributed by atoms with van der Waals surface area (Å²) in [5, 5.41) is 16.4. The van der Waals surface area contributed by atoms with E-state index in [4.69, 9.17) is 9.26 Å². The summed E-state index contributed by atoms with van der Waals surface area (Å²) in [5.74, 6) is 0.739. The Kier molecular flexibility index (Phi) is 5.01. The lowest BCUT2D eigenvalue weighted by Gasteiger charge is -2.28. The molecular weight excluding hydrogens is 336 g/mol. The first kappa shape index (κ1) is 16.6.